The van der Waals surface area contributed by atoms with Crippen LogP contribution >= 0.6 is 0 Å². The Morgan fingerprint density at radius 1 is 1.06 bits per heavy atom. The number of hydrogen-bond acceptors (Lipinski definition) is 8. The summed E-state index contributed by atoms with van der Waals surface area (Å²) in [5.74, 6) is -1.23. The molecule has 8 nitrogen and oxygen atoms in total. The van der Waals surface area contributed by atoms with Crippen LogP contribution in [0.3, 0.4) is 0 Å². The van der Waals surface area contributed by atoms with Gasteiger partial charge in [-0.05, 0) is 47.0 Å². The number of benzene rings is 2. The molecule has 4 N–H and O–H groups in total. The zero-order valence-electron chi connectivity index (χ0n) is 16.6. The van der Waals surface area contributed by atoms with Crippen molar-refractivity contribution in [1.82, 2.24) is 0 Å². The standard InChI is InChI=1S/C23H23NO7/c25-12-15-3-1-2-14(8-15)9-21(28)22(29)11-20-18(23(30)31-13-26)10-19(24-20)16-4-6-17(27)7-5-16/h1-8,10,20-21,25-28H,9,11-13H2. The highest BCUT2D eigenvalue weighted by Crippen LogP contribution is 2.25. The van der Waals surface area contributed by atoms with Gasteiger partial charge in [0.15, 0.2) is 12.6 Å². The van der Waals surface area contributed by atoms with E-state index in [1.807, 2.05) is 0 Å². The van der Waals surface area contributed by atoms with Gasteiger partial charge < -0.3 is 25.2 Å². The molecule has 1 aliphatic heterocycles. The molecule has 0 bridgehead atoms. The Morgan fingerprint density at radius 3 is 2.45 bits per heavy atom. The molecule has 2 unspecified atom stereocenters. The van der Waals surface area contributed by atoms with Crippen molar-refractivity contribution in [3.05, 3.63) is 76.9 Å². The summed E-state index contributed by atoms with van der Waals surface area (Å²) in [4.78, 5) is 29.3. The van der Waals surface area contributed by atoms with E-state index >= 15 is 0 Å². The minimum atomic E-state index is -1.31. The molecule has 2 aromatic carbocycles. The molecule has 0 radical (unpaired) electrons. The molecule has 1 aliphatic rings. The van der Waals surface area contributed by atoms with Crippen molar-refractivity contribution in [3.63, 3.8) is 0 Å². The molecule has 0 aromatic heterocycles. The first kappa shape index (κ1) is 22.4. The molecule has 162 valence electrons. The number of phenols is 1. The largest absolute Gasteiger partial charge is 0.508 e. The maximum atomic E-state index is 12.6. The summed E-state index contributed by atoms with van der Waals surface area (Å²) in [6.07, 6.45) is -0.000530. The van der Waals surface area contributed by atoms with E-state index in [1.54, 1.807) is 36.4 Å². The van der Waals surface area contributed by atoms with Crippen LogP contribution in [0.1, 0.15) is 23.1 Å². The van der Waals surface area contributed by atoms with Crippen molar-refractivity contribution in [2.24, 2.45) is 4.99 Å². The molecule has 1 heterocycles. The van der Waals surface area contributed by atoms with E-state index < -0.39 is 30.7 Å². The van der Waals surface area contributed by atoms with Crippen LogP contribution in [-0.2, 0) is 27.4 Å². The topological polar surface area (TPSA) is 137 Å². The predicted molar refractivity (Wildman–Crippen MR) is 111 cm³/mol. The van der Waals surface area contributed by atoms with Gasteiger partial charge in [-0.3, -0.25) is 9.79 Å². The average molecular weight is 425 g/mol. The van der Waals surface area contributed by atoms with Gasteiger partial charge in [0.05, 0.1) is 23.9 Å². The molecule has 0 amide bonds. The van der Waals surface area contributed by atoms with Gasteiger partial charge in [0.2, 0.25) is 0 Å². The third-order valence-electron chi connectivity index (χ3n) is 4.91. The minimum Gasteiger partial charge on any atom is -0.508 e. The lowest BCUT2D eigenvalue weighted by Crippen LogP contribution is -2.28. The third-order valence-corrected chi connectivity index (χ3v) is 4.91. The summed E-state index contributed by atoms with van der Waals surface area (Å²) in [5, 5.41) is 38.0. The lowest BCUT2D eigenvalue weighted by molar-refractivity contribution is -0.147. The number of Topliss-reactive ketones (excluding diaryl/α,β-unsaturated/α-hetero) is 1. The Labute approximate surface area is 178 Å². The summed E-state index contributed by atoms with van der Waals surface area (Å²) in [6, 6.07) is 12.2. The lowest BCUT2D eigenvalue weighted by Gasteiger charge is -2.14. The van der Waals surface area contributed by atoms with Crippen LogP contribution in [-0.4, -0.2) is 56.8 Å². The number of ketones is 1. The lowest BCUT2D eigenvalue weighted by atomic mass is 9.96. The minimum absolute atomic E-state index is 0.0636. The summed E-state index contributed by atoms with van der Waals surface area (Å²) in [5.41, 5.74) is 2.52. The van der Waals surface area contributed by atoms with E-state index in [1.165, 1.54) is 18.2 Å². The fourth-order valence-corrected chi connectivity index (χ4v) is 3.32. The molecule has 0 saturated carbocycles. The van der Waals surface area contributed by atoms with Gasteiger partial charge in [-0.15, -0.1) is 0 Å². The first-order valence-electron chi connectivity index (χ1n) is 9.67. The van der Waals surface area contributed by atoms with Gasteiger partial charge in [-0.2, -0.15) is 0 Å². The molecular weight excluding hydrogens is 402 g/mol. The smallest absolute Gasteiger partial charge is 0.338 e. The first-order chi connectivity index (χ1) is 14.9. The molecule has 0 aliphatic carbocycles. The molecule has 0 fully saturated rings. The Kier molecular flexibility index (Phi) is 7.30. The molecule has 0 saturated heterocycles. The fourth-order valence-electron chi connectivity index (χ4n) is 3.32. The van der Waals surface area contributed by atoms with Crippen molar-refractivity contribution >= 4 is 17.5 Å². The number of aliphatic hydroxyl groups excluding tert-OH is 3. The third kappa shape index (κ3) is 5.64. The molecule has 2 atom stereocenters. The van der Waals surface area contributed by atoms with Gasteiger partial charge >= 0.3 is 5.97 Å². The van der Waals surface area contributed by atoms with Crippen molar-refractivity contribution in [1.29, 1.82) is 0 Å². The molecule has 3 rings (SSSR count). The number of aliphatic imine (C=N–C) groups is 1. The van der Waals surface area contributed by atoms with Crippen LogP contribution in [0.25, 0.3) is 0 Å². The number of phenolic OH excluding ortho intramolecular Hbond substituents is 1. The Hall–Kier alpha value is -3.33. The Balaban J connectivity index is 1.76. The van der Waals surface area contributed by atoms with Crippen LogP contribution < -0.4 is 0 Å². The van der Waals surface area contributed by atoms with E-state index in [0.717, 1.165) is 0 Å². The van der Waals surface area contributed by atoms with Crippen LogP contribution in [0.2, 0.25) is 0 Å². The van der Waals surface area contributed by atoms with E-state index in [-0.39, 0.29) is 30.8 Å². The maximum absolute atomic E-state index is 12.6. The number of rotatable bonds is 9. The molecule has 2 aromatic rings. The number of aliphatic hydroxyl groups is 3. The number of esters is 1. The second kappa shape index (κ2) is 10.1. The zero-order chi connectivity index (χ0) is 22.4. The summed E-state index contributed by atoms with van der Waals surface area (Å²) >= 11 is 0. The van der Waals surface area contributed by atoms with Gasteiger partial charge in [-0.1, -0.05) is 24.3 Å². The number of hydrogen-bond donors (Lipinski definition) is 4. The monoisotopic (exact) mass is 425 g/mol. The maximum Gasteiger partial charge on any atom is 0.338 e. The van der Waals surface area contributed by atoms with Crippen LogP contribution in [0, 0.1) is 0 Å². The van der Waals surface area contributed by atoms with E-state index in [9.17, 15) is 24.9 Å². The van der Waals surface area contributed by atoms with Gasteiger partial charge in [0, 0.05) is 12.8 Å². The van der Waals surface area contributed by atoms with Crippen molar-refractivity contribution < 1.29 is 34.8 Å². The van der Waals surface area contributed by atoms with Crippen LogP contribution in [0.5, 0.6) is 5.75 Å². The number of aromatic hydroxyl groups is 1. The molecule has 0 spiro atoms. The second-order valence-electron chi connectivity index (χ2n) is 7.11. The molecular formula is C23H23NO7. The summed E-state index contributed by atoms with van der Waals surface area (Å²) < 4.78 is 4.66. The fraction of sp³-hybridized carbons (Fsp3) is 0.261. The highest BCUT2D eigenvalue weighted by molar-refractivity contribution is 6.15. The summed E-state index contributed by atoms with van der Waals surface area (Å²) in [7, 11) is 0. The van der Waals surface area contributed by atoms with E-state index in [4.69, 9.17) is 5.11 Å². The SMILES string of the molecule is O=C(OCO)C1=CC(c2ccc(O)cc2)=NC1CC(=O)C(O)Cc1cccc(CO)c1. The second-order valence-corrected chi connectivity index (χ2v) is 7.11. The van der Waals surface area contributed by atoms with Crippen LogP contribution in [0.15, 0.2) is 65.2 Å². The number of carbonyl (C=O) groups excluding carboxylic acids is 2. The zero-order valence-corrected chi connectivity index (χ0v) is 16.6. The number of carbonyl (C=O) groups is 2. The number of nitrogens with zero attached hydrogens (tertiary/aromatic N) is 1. The van der Waals surface area contributed by atoms with Crippen molar-refractivity contribution in [2.45, 2.75) is 31.6 Å². The average Bonchev–Trinajstić information content (AvgIpc) is 3.18. The van der Waals surface area contributed by atoms with Gasteiger partial charge in [-0.25, -0.2) is 4.79 Å². The first-order valence-corrected chi connectivity index (χ1v) is 9.67. The van der Waals surface area contributed by atoms with Crippen molar-refractivity contribution in [3.8, 4) is 5.75 Å². The van der Waals surface area contributed by atoms with Crippen LogP contribution in [0.4, 0.5) is 0 Å². The quantitative estimate of drug-likeness (QED) is 0.348. The highest BCUT2D eigenvalue weighted by Gasteiger charge is 2.31. The normalized spacial score (nSPS) is 16.4. The number of ether oxygens (including phenoxy) is 1. The highest BCUT2D eigenvalue weighted by atomic mass is 16.6. The Bertz CT molecular complexity index is 1010. The molecule has 8 heteroatoms. The van der Waals surface area contributed by atoms with E-state index in [0.29, 0.717) is 22.4 Å². The number of allylic oxidation sites excluding steroid dienone is 1. The van der Waals surface area contributed by atoms with E-state index in [2.05, 4.69) is 9.73 Å². The summed E-state index contributed by atoms with van der Waals surface area (Å²) in [6.45, 7) is -0.953. The molecule has 31 heavy (non-hydrogen) atoms. The van der Waals surface area contributed by atoms with Gasteiger partial charge in [0.1, 0.15) is 11.9 Å². The Morgan fingerprint density at radius 2 is 1.77 bits per heavy atom. The predicted octanol–water partition coefficient (Wildman–Crippen LogP) is 1.04. The van der Waals surface area contributed by atoms with Gasteiger partial charge in [0.25, 0.3) is 0 Å². The van der Waals surface area contributed by atoms with Crippen molar-refractivity contribution in [2.75, 3.05) is 6.79 Å².